The number of piperidine rings is 1. The highest BCUT2D eigenvalue weighted by Crippen LogP contribution is 2.28. The molecule has 2 aromatic heterocycles. The van der Waals surface area contributed by atoms with Crippen molar-refractivity contribution in [2.45, 2.75) is 45.3 Å². The highest BCUT2D eigenvalue weighted by Gasteiger charge is 2.26. The molecule has 2 N–H and O–H groups in total. The van der Waals surface area contributed by atoms with Crippen molar-refractivity contribution in [3.63, 3.8) is 0 Å². The number of anilines is 2. The highest BCUT2D eigenvalue weighted by molar-refractivity contribution is 9.10. The number of carbonyl (C=O) groups excluding carboxylic acids is 2. The zero-order valence-electron chi connectivity index (χ0n) is 17.6. The van der Waals surface area contributed by atoms with Crippen molar-refractivity contribution in [1.29, 1.82) is 0 Å². The Balaban J connectivity index is 1.73. The number of ether oxygens (including phenoxy) is 1. The van der Waals surface area contributed by atoms with Crippen LogP contribution < -0.4 is 15.5 Å². The molecule has 0 saturated carbocycles. The number of nitrogens with one attached hydrogen (secondary N) is 2. The van der Waals surface area contributed by atoms with E-state index in [9.17, 15) is 14.0 Å². The third-order valence-electron chi connectivity index (χ3n) is 4.56. The molecular weight excluding hydrogens is 469 g/mol. The lowest BCUT2D eigenvalue weighted by Crippen LogP contribution is -2.49. The van der Waals surface area contributed by atoms with Gasteiger partial charge in [-0.15, -0.1) is 0 Å². The first-order valence-electron chi connectivity index (χ1n) is 9.94. The van der Waals surface area contributed by atoms with Gasteiger partial charge in [-0.2, -0.15) is 0 Å². The number of nitrogens with zero attached hydrogens (tertiary/aromatic N) is 3. The second-order valence-corrected chi connectivity index (χ2v) is 9.06. The van der Waals surface area contributed by atoms with Crippen LogP contribution in [-0.4, -0.2) is 46.7 Å². The second kappa shape index (κ2) is 9.59. The average molecular weight is 494 g/mol. The van der Waals surface area contributed by atoms with E-state index in [4.69, 9.17) is 4.74 Å². The zero-order valence-corrected chi connectivity index (χ0v) is 19.2. The fourth-order valence-corrected chi connectivity index (χ4v) is 3.62. The number of rotatable bonds is 4. The summed E-state index contributed by atoms with van der Waals surface area (Å²) in [5.41, 5.74) is 0.282. The van der Waals surface area contributed by atoms with Crippen molar-refractivity contribution in [1.82, 2.24) is 15.3 Å². The maximum Gasteiger partial charge on any atom is 0.407 e. The maximum absolute atomic E-state index is 14.0. The van der Waals surface area contributed by atoms with Crippen LogP contribution in [0.5, 0.6) is 0 Å². The van der Waals surface area contributed by atoms with Gasteiger partial charge in [-0.1, -0.05) is 0 Å². The van der Waals surface area contributed by atoms with E-state index in [1.165, 1.54) is 18.3 Å². The molecule has 1 aliphatic heterocycles. The van der Waals surface area contributed by atoms with Gasteiger partial charge in [0.05, 0.1) is 17.6 Å². The van der Waals surface area contributed by atoms with Crippen molar-refractivity contribution >= 4 is 39.3 Å². The van der Waals surface area contributed by atoms with Gasteiger partial charge in [0, 0.05) is 25.3 Å². The Hall–Kier alpha value is -2.75. The van der Waals surface area contributed by atoms with Crippen molar-refractivity contribution in [3.8, 4) is 0 Å². The van der Waals surface area contributed by atoms with Gasteiger partial charge in [0.2, 0.25) is 0 Å². The molecule has 0 radical (unpaired) electrons. The Kier molecular flexibility index (Phi) is 7.09. The number of hydrogen-bond acceptors (Lipinski definition) is 6. The van der Waals surface area contributed by atoms with Gasteiger partial charge in [0.25, 0.3) is 5.91 Å². The molecule has 0 bridgehead atoms. The monoisotopic (exact) mass is 493 g/mol. The molecule has 0 aliphatic carbocycles. The maximum atomic E-state index is 14.0. The lowest BCUT2D eigenvalue weighted by molar-refractivity contribution is 0.0500. The number of pyridine rings is 2. The van der Waals surface area contributed by atoms with Gasteiger partial charge >= 0.3 is 6.09 Å². The van der Waals surface area contributed by atoms with E-state index in [1.54, 1.807) is 12.3 Å². The van der Waals surface area contributed by atoms with Crippen LogP contribution in [-0.2, 0) is 4.74 Å². The number of carbonyl (C=O) groups is 2. The molecule has 1 aliphatic rings. The van der Waals surface area contributed by atoms with E-state index in [0.29, 0.717) is 16.8 Å². The second-order valence-electron chi connectivity index (χ2n) is 8.24. The number of amides is 2. The summed E-state index contributed by atoms with van der Waals surface area (Å²) in [5.74, 6) is -1.39. The largest absolute Gasteiger partial charge is 0.444 e. The van der Waals surface area contributed by atoms with Crippen LogP contribution in [0.4, 0.5) is 20.6 Å². The first-order valence-corrected chi connectivity index (χ1v) is 10.7. The fourth-order valence-electron chi connectivity index (χ4n) is 3.31. The van der Waals surface area contributed by atoms with Crippen molar-refractivity contribution in [2.75, 3.05) is 23.3 Å². The van der Waals surface area contributed by atoms with Crippen molar-refractivity contribution < 1.29 is 18.7 Å². The van der Waals surface area contributed by atoms with E-state index in [-0.39, 0.29) is 11.7 Å². The summed E-state index contributed by atoms with van der Waals surface area (Å²) < 4.78 is 19.8. The van der Waals surface area contributed by atoms with Crippen LogP contribution in [0.25, 0.3) is 0 Å². The molecular formula is C21H25BrFN5O3. The summed E-state index contributed by atoms with van der Waals surface area (Å²) in [6.45, 7) is 6.72. The first kappa shape index (κ1) is 22.9. The van der Waals surface area contributed by atoms with Gasteiger partial charge in [-0.05, 0) is 67.7 Å². The molecule has 1 saturated heterocycles. The molecule has 8 nitrogen and oxygen atoms in total. The summed E-state index contributed by atoms with van der Waals surface area (Å²) in [7, 11) is 0. The molecule has 2 amide bonds. The number of hydrogen-bond donors (Lipinski definition) is 2. The molecule has 3 heterocycles. The summed E-state index contributed by atoms with van der Waals surface area (Å²) in [5, 5.41) is 5.60. The SMILES string of the molecule is CC(C)(C)OC(=O)NC1CCCN(c2ccncc2NC(=O)c2nc(Br)ccc2F)C1. The lowest BCUT2D eigenvalue weighted by Gasteiger charge is -2.35. The Morgan fingerprint density at radius 2 is 2.06 bits per heavy atom. The summed E-state index contributed by atoms with van der Waals surface area (Å²) in [4.78, 5) is 34.8. The minimum absolute atomic E-state index is 0.107. The minimum atomic E-state index is -0.717. The third kappa shape index (κ3) is 6.36. The van der Waals surface area contributed by atoms with Crippen LogP contribution in [0.2, 0.25) is 0 Å². The normalized spacial score (nSPS) is 16.5. The molecule has 1 fully saturated rings. The van der Waals surface area contributed by atoms with Gasteiger partial charge in [-0.3, -0.25) is 9.78 Å². The molecule has 2 aromatic rings. The quantitative estimate of drug-likeness (QED) is 0.621. The van der Waals surface area contributed by atoms with E-state index >= 15 is 0 Å². The van der Waals surface area contributed by atoms with Gasteiger partial charge in [-0.25, -0.2) is 14.2 Å². The van der Waals surface area contributed by atoms with Crippen molar-refractivity contribution in [3.05, 3.63) is 46.7 Å². The first-order chi connectivity index (χ1) is 14.6. The predicted molar refractivity (Wildman–Crippen MR) is 119 cm³/mol. The molecule has 1 unspecified atom stereocenters. The van der Waals surface area contributed by atoms with E-state index in [1.807, 2.05) is 25.7 Å². The van der Waals surface area contributed by atoms with Crippen LogP contribution in [0.15, 0.2) is 35.2 Å². The smallest absolute Gasteiger partial charge is 0.407 e. The Labute approximate surface area is 188 Å². The van der Waals surface area contributed by atoms with Gasteiger partial charge in [0.1, 0.15) is 10.2 Å². The van der Waals surface area contributed by atoms with Crippen LogP contribution in [0.3, 0.4) is 0 Å². The Morgan fingerprint density at radius 3 is 2.81 bits per heavy atom. The van der Waals surface area contributed by atoms with Crippen LogP contribution >= 0.6 is 15.9 Å². The summed E-state index contributed by atoms with van der Waals surface area (Å²) >= 11 is 3.15. The molecule has 1 atom stereocenters. The Morgan fingerprint density at radius 1 is 1.29 bits per heavy atom. The Bertz CT molecular complexity index is 966. The molecule has 31 heavy (non-hydrogen) atoms. The lowest BCUT2D eigenvalue weighted by atomic mass is 10.0. The number of aromatic nitrogens is 2. The number of halogens is 2. The summed E-state index contributed by atoms with van der Waals surface area (Å²) in [6, 6.07) is 4.27. The summed E-state index contributed by atoms with van der Waals surface area (Å²) in [6.07, 6.45) is 4.33. The zero-order chi connectivity index (χ0) is 22.6. The van der Waals surface area contributed by atoms with Crippen LogP contribution in [0.1, 0.15) is 44.1 Å². The fraction of sp³-hybridized carbons (Fsp3) is 0.429. The molecule has 10 heteroatoms. The molecule has 166 valence electrons. The molecule has 0 aromatic carbocycles. The standard InChI is InChI=1S/C21H25BrFN5O3/c1-21(2,3)31-20(30)25-13-5-4-10-28(12-13)16-8-9-24-11-15(16)26-19(29)18-14(23)6-7-17(22)27-18/h6-9,11,13H,4-5,10,12H2,1-3H3,(H,25,30)(H,26,29). The van der Waals surface area contributed by atoms with E-state index in [2.05, 4.69) is 36.5 Å². The van der Waals surface area contributed by atoms with Gasteiger partial charge < -0.3 is 20.3 Å². The number of alkyl carbamates (subject to hydrolysis) is 1. The minimum Gasteiger partial charge on any atom is -0.444 e. The van der Waals surface area contributed by atoms with Crippen molar-refractivity contribution in [2.24, 2.45) is 0 Å². The van der Waals surface area contributed by atoms with E-state index in [0.717, 1.165) is 25.1 Å². The average Bonchev–Trinajstić information content (AvgIpc) is 2.69. The van der Waals surface area contributed by atoms with E-state index < -0.39 is 23.4 Å². The third-order valence-corrected chi connectivity index (χ3v) is 5.00. The predicted octanol–water partition coefficient (Wildman–Crippen LogP) is 4.12. The topological polar surface area (TPSA) is 96.5 Å². The highest BCUT2D eigenvalue weighted by atomic mass is 79.9. The molecule has 3 rings (SSSR count). The molecule has 0 spiro atoms. The van der Waals surface area contributed by atoms with Crippen LogP contribution in [0, 0.1) is 5.82 Å². The van der Waals surface area contributed by atoms with Gasteiger partial charge in [0.15, 0.2) is 11.5 Å².